The van der Waals surface area contributed by atoms with Crippen LogP contribution in [0.5, 0.6) is 0 Å². The molecule has 1 rings (SSSR count). The quantitative estimate of drug-likeness (QED) is 0.786. The summed E-state index contributed by atoms with van der Waals surface area (Å²) in [6.45, 7) is 2.54. The van der Waals surface area contributed by atoms with Crippen LogP contribution < -0.4 is 0 Å². The van der Waals surface area contributed by atoms with Gasteiger partial charge in [-0.25, -0.2) is 12.7 Å². The van der Waals surface area contributed by atoms with Crippen molar-refractivity contribution in [3.8, 4) is 0 Å². The van der Waals surface area contributed by atoms with Gasteiger partial charge in [0.05, 0.1) is 11.7 Å². The van der Waals surface area contributed by atoms with E-state index in [1.807, 2.05) is 6.92 Å². The third kappa shape index (κ3) is 3.45. The highest BCUT2D eigenvalue weighted by atomic mass is 32.2. The Morgan fingerprint density at radius 1 is 1.50 bits per heavy atom. The molecule has 6 heteroatoms. The molecule has 0 saturated carbocycles. The van der Waals surface area contributed by atoms with E-state index < -0.39 is 21.9 Å². The van der Waals surface area contributed by atoms with Gasteiger partial charge >= 0.3 is 5.97 Å². The molecule has 0 aromatic heterocycles. The van der Waals surface area contributed by atoms with Gasteiger partial charge in [-0.15, -0.1) is 0 Å². The maximum Gasteiger partial charge on any atom is 0.307 e. The number of piperidine rings is 1. The number of carbonyl (C=O) groups is 1. The predicted molar refractivity (Wildman–Crippen MR) is 60.6 cm³/mol. The molecular weight excluding hydrogens is 230 g/mol. The summed E-state index contributed by atoms with van der Waals surface area (Å²) in [6, 6.07) is 0. The number of carboxylic acids is 1. The van der Waals surface area contributed by atoms with Crippen molar-refractivity contribution in [3.05, 3.63) is 0 Å². The molecule has 0 amide bonds. The SMILES string of the molecule is CCCCS(=O)(=O)N1CCCC(C(=O)O)C1. The molecule has 1 aliphatic heterocycles. The van der Waals surface area contributed by atoms with Gasteiger partial charge in [0.1, 0.15) is 0 Å². The molecule has 0 bridgehead atoms. The smallest absolute Gasteiger partial charge is 0.307 e. The van der Waals surface area contributed by atoms with Crippen LogP contribution in [0.1, 0.15) is 32.6 Å². The van der Waals surface area contributed by atoms with Crippen molar-refractivity contribution in [2.24, 2.45) is 5.92 Å². The van der Waals surface area contributed by atoms with Crippen molar-refractivity contribution < 1.29 is 18.3 Å². The normalized spacial score (nSPS) is 23.2. The molecule has 1 atom stereocenters. The van der Waals surface area contributed by atoms with Crippen LogP contribution in [0.2, 0.25) is 0 Å². The lowest BCUT2D eigenvalue weighted by atomic mass is 10.0. The molecule has 0 spiro atoms. The fourth-order valence-corrected chi connectivity index (χ4v) is 3.58. The van der Waals surface area contributed by atoms with Crippen molar-refractivity contribution in [1.82, 2.24) is 4.31 Å². The zero-order valence-corrected chi connectivity index (χ0v) is 10.4. The van der Waals surface area contributed by atoms with Gasteiger partial charge in [0.15, 0.2) is 0 Å². The lowest BCUT2D eigenvalue weighted by Gasteiger charge is -2.29. The average Bonchev–Trinajstić information content (AvgIpc) is 2.26. The highest BCUT2D eigenvalue weighted by molar-refractivity contribution is 7.89. The summed E-state index contributed by atoms with van der Waals surface area (Å²) in [5.74, 6) is -1.30. The van der Waals surface area contributed by atoms with E-state index in [-0.39, 0.29) is 12.3 Å². The van der Waals surface area contributed by atoms with Crippen LogP contribution in [0, 0.1) is 5.92 Å². The van der Waals surface area contributed by atoms with Crippen LogP contribution >= 0.6 is 0 Å². The fourth-order valence-electron chi connectivity index (χ4n) is 1.85. The van der Waals surface area contributed by atoms with Crippen molar-refractivity contribution in [2.75, 3.05) is 18.8 Å². The molecule has 1 N–H and O–H groups in total. The summed E-state index contributed by atoms with van der Waals surface area (Å²) in [6.07, 6.45) is 2.68. The number of unbranched alkanes of at least 4 members (excludes halogenated alkanes) is 1. The van der Waals surface area contributed by atoms with Gasteiger partial charge in [-0.05, 0) is 19.3 Å². The Morgan fingerprint density at radius 3 is 2.75 bits per heavy atom. The second-order valence-electron chi connectivity index (χ2n) is 4.20. The van der Waals surface area contributed by atoms with Gasteiger partial charge in [-0.3, -0.25) is 4.79 Å². The highest BCUT2D eigenvalue weighted by Crippen LogP contribution is 2.20. The molecular formula is C10H19NO4S. The summed E-state index contributed by atoms with van der Waals surface area (Å²) in [7, 11) is -3.24. The van der Waals surface area contributed by atoms with E-state index in [1.54, 1.807) is 0 Å². The molecule has 0 aromatic carbocycles. The lowest BCUT2D eigenvalue weighted by Crippen LogP contribution is -2.43. The molecule has 1 unspecified atom stereocenters. The van der Waals surface area contributed by atoms with Gasteiger partial charge in [-0.2, -0.15) is 0 Å². The highest BCUT2D eigenvalue weighted by Gasteiger charge is 2.31. The second kappa shape index (κ2) is 5.63. The first kappa shape index (κ1) is 13.4. The topological polar surface area (TPSA) is 74.7 Å². The van der Waals surface area contributed by atoms with Gasteiger partial charge in [0.2, 0.25) is 10.0 Å². The Hall–Kier alpha value is -0.620. The second-order valence-corrected chi connectivity index (χ2v) is 6.29. The number of carboxylic acid groups (broad SMARTS) is 1. The van der Waals surface area contributed by atoms with Crippen LogP contribution in [-0.4, -0.2) is 42.6 Å². The zero-order chi connectivity index (χ0) is 12.2. The predicted octanol–water partition coefficient (Wildman–Crippen LogP) is 0.913. The van der Waals surface area contributed by atoms with Crippen molar-refractivity contribution in [3.63, 3.8) is 0 Å². The first-order valence-electron chi connectivity index (χ1n) is 5.68. The van der Waals surface area contributed by atoms with Gasteiger partial charge in [-0.1, -0.05) is 13.3 Å². The maximum atomic E-state index is 11.8. The number of aliphatic carboxylic acids is 1. The van der Waals surface area contributed by atoms with Crippen molar-refractivity contribution in [1.29, 1.82) is 0 Å². The Balaban J connectivity index is 2.62. The van der Waals surface area contributed by atoms with Crippen LogP contribution in [0.15, 0.2) is 0 Å². The minimum absolute atomic E-state index is 0.135. The van der Waals surface area contributed by atoms with Gasteiger partial charge in [0, 0.05) is 13.1 Å². The van der Waals surface area contributed by atoms with Crippen LogP contribution in [0.4, 0.5) is 0 Å². The Bertz CT molecular complexity index is 339. The Kier molecular flexibility index (Phi) is 4.73. The molecule has 0 aliphatic carbocycles. The van der Waals surface area contributed by atoms with Gasteiger partial charge < -0.3 is 5.11 Å². The van der Waals surface area contributed by atoms with E-state index in [4.69, 9.17) is 5.11 Å². The number of nitrogens with zero attached hydrogens (tertiary/aromatic N) is 1. The summed E-state index contributed by atoms with van der Waals surface area (Å²) in [5.41, 5.74) is 0. The van der Waals surface area contributed by atoms with E-state index in [0.29, 0.717) is 25.8 Å². The van der Waals surface area contributed by atoms with Crippen LogP contribution in [0.3, 0.4) is 0 Å². The first-order chi connectivity index (χ1) is 7.47. The summed E-state index contributed by atoms with van der Waals surface area (Å²) in [4.78, 5) is 10.8. The standard InChI is InChI=1S/C10H19NO4S/c1-2-3-7-16(14,15)11-6-4-5-9(8-11)10(12)13/h9H,2-8H2,1H3,(H,12,13). The minimum atomic E-state index is -3.24. The largest absolute Gasteiger partial charge is 0.481 e. The molecule has 5 nitrogen and oxygen atoms in total. The van der Waals surface area contributed by atoms with E-state index in [0.717, 1.165) is 6.42 Å². The Labute approximate surface area is 96.5 Å². The van der Waals surface area contributed by atoms with E-state index >= 15 is 0 Å². The number of hydrogen-bond donors (Lipinski definition) is 1. The molecule has 0 radical (unpaired) electrons. The third-order valence-electron chi connectivity index (χ3n) is 2.88. The zero-order valence-electron chi connectivity index (χ0n) is 9.55. The summed E-state index contributed by atoms with van der Waals surface area (Å²) in [5, 5.41) is 8.88. The van der Waals surface area contributed by atoms with Gasteiger partial charge in [0.25, 0.3) is 0 Å². The molecule has 16 heavy (non-hydrogen) atoms. The minimum Gasteiger partial charge on any atom is -0.481 e. The monoisotopic (exact) mass is 249 g/mol. The average molecular weight is 249 g/mol. The molecule has 1 fully saturated rings. The lowest BCUT2D eigenvalue weighted by molar-refractivity contribution is -0.142. The van der Waals surface area contributed by atoms with Crippen molar-refractivity contribution in [2.45, 2.75) is 32.6 Å². The van der Waals surface area contributed by atoms with Crippen molar-refractivity contribution >= 4 is 16.0 Å². The number of hydrogen-bond acceptors (Lipinski definition) is 3. The molecule has 0 aromatic rings. The molecule has 1 saturated heterocycles. The molecule has 94 valence electrons. The fraction of sp³-hybridized carbons (Fsp3) is 0.900. The van der Waals surface area contributed by atoms with E-state index in [1.165, 1.54) is 4.31 Å². The number of rotatable bonds is 5. The third-order valence-corrected chi connectivity index (χ3v) is 4.81. The van der Waals surface area contributed by atoms with E-state index in [2.05, 4.69) is 0 Å². The summed E-state index contributed by atoms with van der Waals surface area (Å²) >= 11 is 0. The van der Waals surface area contributed by atoms with E-state index in [9.17, 15) is 13.2 Å². The number of sulfonamides is 1. The molecule has 1 aliphatic rings. The van der Waals surface area contributed by atoms with Crippen LogP contribution in [-0.2, 0) is 14.8 Å². The Morgan fingerprint density at radius 2 is 2.19 bits per heavy atom. The first-order valence-corrected chi connectivity index (χ1v) is 7.29. The maximum absolute atomic E-state index is 11.8. The molecule has 1 heterocycles. The summed E-state index contributed by atoms with van der Waals surface area (Å²) < 4.78 is 25.0. The van der Waals surface area contributed by atoms with Crippen LogP contribution in [0.25, 0.3) is 0 Å².